The molecule has 3 aromatic carbocycles. The predicted molar refractivity (Wildman–Crippen MR) is 123 cm³/mol. The minimum absolute atomic E-state index is 0.130. The molecule has 0 N–H and O–H groups in total. The van der Waals surface area contributed by atoms with Gasteiger partial charge >= 0.3 is 0 Å². The number of benzene rings is 3. The summed E-state index contributed by atoms with van der Waals surface area (Å²) in [6, 6.07) is 15.4. The van der Waals surface area contributed by atoms with E-state index in [1.807, 2.05) is 36.5 Å². The molecule has 0 aliphatic heterocycles. The van der Waals surface area contributed by atoms with Gasteiger partial charge in [0.2, 0.25) is 0 Å². The second-order valence-corrected chi connectivity index (χ2v) is 8.61. The average Bonchev–Trinajstić information content (AvgIpc) is 3.56. The van der Waals surface area contributed by atoms with Crippen LogP contribution in [-0.4, -0.2) is 19.3 Å². The lowest BCUT2D eigenvalue weighted by Gasteiger charge is -2.14. The molecule has 33 heavy (non-hydrogen) atoms. The van der Waals surface area contributed by atoms with Crippen LogP contribution in [0, 0.1) is 11.6 Å². The Kier molecular flexibility index (Phi) is 4.40. The van der Waals surface area contributed by atoms with Crippen LogP contribution in [0.4, 0.5) is 8.78 Å². The number of hydrogen-bond acceptors (Lipinski definition) is 3. The number of nitrogens with zero attached hydrogens (tertiary/aromatic N) is 4. The molecule has 1 saturated carbocycles. The van der Waals surface area contributed by atoms with Gasteiger partial charge in [0.25, 0.3) is 5.56 Å². The molecule has 1 fully saturated rings. The fraction of sp³-hybridized carbons (Fsp3) is 0.192. The smallest absolute Gasteiger partial charge is 0.273 e. The number of hydrogen-bond donors (Lipinski definition) is 0. The molecule has 0 saturated heterocycles. The topological polar surface area (TPSA) is 52.7 Å². The van der Waals surface area contributed by atoms with Gasteiger partial charge in [-0.2, -0.15) is 5.10 Å². The second-order valence-electron chi connectivity index (χ2n) is 8.61. The number of fused-ring (bicyclic) bond motifs is 2. The molecule has 0 atom stereocenters. The van der Waals surface area contributed by atoms with E-state index in [4.69, 9.17) is 0 Å². The molecule has 0 amide bonds. The predicted octanol–water partition coefficient (Wildman–Crippen LogP) is 5.15. The molecular formula is C26H20F2N4O. The van der Waals surface area contributed by atoms with Gasteiger partial charge < -0.3 is 4.57 Å². The lowest BCUT2D eigenvalue weighted by molar-refractivity contribution is 0.544. The summed E-state index contributed by atoms with van der Waals surface area (Å²) >= 11 is 0. The lowest BCUT2D eigenvalue weighted by Crippen LogP contribution is -2.26. The maximum atomic E-state index is 15.3. The van der Waals surface area contributed by atoms with E-state index < -0.39 is 11.6 Å². The van der Waals surface area contributed by atoms with Gasteiger partial charge in [-0.1, -0.05) is 24.3 Å². The minimum atomic E-state index is -0.688. The molecule has 0 bridgehead atoms. The maximum absolute atomic E-state index is 15.3. The van der Waals surface area contributed by atoms with E-state index >= 15 is 8.78 Å². The quantitative estimate of drug-likeness (QED) is 0.387. The Morgan fingerprint density at radius 3 is 2.48 bits per heavy atom. The van der Waals surface area contributed by atoms with E-state index in [1.165, 1.54) is 16.7 Å². The maximum Gasteiger partial charge on any atom is 0.273 e. The van der Waals surface area contributed by atoms with Gasteiger partial charge in [-0.05, 0) is 54.3 Å². The van der Waals surface area contributed by atoms with Crippen LogP contribution >= 0.6 is 0 Å². The highest BCUT2D eigenvalue weighted by molar-refractivity contribution is 5.94. The van der Waals surface area contributed by atoms with Gasteiger partial charge in [0.1, 0.15) is 17.3 Å². The third-order valence-electron chi connectivity index (χ3n) is 6.27. The lowest BCUT2D eigenvalue weighted by atomic mass is 9.99. The highest BCUT2D eigenvalue weighted by Gasteiger charge is 2.29. The normalized spacial score (nSPS) is 13.8. The average molecular weight is 442 g/mol. The highest BCUT2D eigenvalue weighted by atomic mass is 19.1. The zero-order chi connectivity index (χ0) is 22.7. The molecule has 2 heterocycles. The van der Waals surface area contributed by atoms with Crippen molar-refractivity contribution in [2.24, 2.45) is 7.05 Å². The Morgan fingerprint density at radius 2 is 1.73 bits per heavy atom. The molecule has 5 aromatic rings. The van der Waals surface area contributed by atoms with Gasteiger partial charge in [0.15, 0.2) is 0 Å². The molecule has 2 aromatic heterocycles. The first-order valence-corrected chi connectivity index (χ1v) is 10.9. The van der Waals surface area contributed by atoms with E-state index in [2.05, 4.69) is 10.1 Å². The zero-order valence-electron chi connectivity index (χ0n) is 17.9. The largest absolute Gasteiger partial charge is 0.301 e. The van der Waals surface area contributed by atoms with Crippen LogP contribution in [0.25, 0.3) is 33.1 Å². The third kappa shape index (κ3) is 3.31. The molecule has 5 nitrogen and oxygen atoms in total. The first-order chi connectivity index (χ1) is 16.0. The first kappa shape index (κ1) is 19.8. The van der Waals surface area contributed by atoms with E-state index in [0.29, 0.717) is 27.9 Å². The van der Waals surface area contributed by atoms with Crippen LogP contribution in [0.5, 0.6) is 0 Å². The summed E-state index contributed by atoms with van der Waals surface area (Å²) in [7, 11) is 1.81. The van der Waals surface area contributed by atoms with Crippen molar-refractivity contribution >= 4 is 21.9 Å². The summed E-state index contributed by atoms with van der Waals surface area (Å²) in [4.78, 5) is 17.7. The molecule has 6 rings (SSSR count). The fourth-order valence-electron chi connectivity index (χ4n) is 4.47. The van der Waals surface area contributed by atoms with Gasteiger partial charge in [-0.25, -0.2) is 13.8 Å². The van der Waals surface area contributed by atoms with Crippen LogP contribution in [0.15, 0.2) is 65.6 Å². The van der Waals surface area contributed by atoms with Crippen molar-refractivity contribution < 1.29 is 8.78 Å². The summed E-state index contributed by atoms with van der Waals surface area (Å²) in [6.07, 6.45) is 3.66. The summed E-state index contributed by atoms with van der Waals surface area (Å²) in [5.74, 6) is -1.25. The Bertz CT molecular complexity index is 1590. The minimum Gasteiger partial charge on any atom is -0.301 e. The summed E-state index contributed by atoms with van der Waals surface area (Å²) in [6.45, 7) is -0.198. The molecule has 0 spiro atoms. The molecule has 1 aliphatic carbocycles. The van der Waals surface area contributed by atoms with Gasteiger partial charge in [-0.3, -0.25) is 9.48 Å². The Hall–Kier alpha value is -3.87. The van der Waals surface area contributed by atoms with Crippen LogP contribution < -0.4 is 5.56 Å². The van der Waals surface area contributed by atoms with E-state index in [-0.39, 0.29) is 23.6 Å². The molecule has 164 valence electrons. The van der Waals surface area contributed by atoms with Gasteiger partial charge in [0.05, 0.1) is 23.1 Å². The van der Waals surface area contributed by atoms with Crippen molar-refractivity contribution in [3.05, 3.63) is 94.0 Å². The molecule has 0 radical (unpaired) electrons. The molecule has 7 heteroatoms. The third-order valence-corrected chi connectivity index (χ3v) is 6.27. The van der Waals surface area contributed by atoms with Crippen molar-refractivity contribution in [2.75, 3.05) is 0 Å². The van der Waals surface area contributed by atoms with Gasteiger partial charge in [-0.15, -0.1) is 0 Å². The van der Waals surface area contributed by atoms with Gasteiger partial charge in [0, 0.05) is 30.1 Å². The zero-order valence-corrected chi connectivity index (χ0v) is 17.9. The highest BCUT2D eigenvalue weighted by Crippen LogP contribution is 2.38. The monoisotopic (exact) mass is 442 g/mol. The Balaban J connectivity index is 1.48. The summed E-state index contributed by atoms with van der Waals surface area (Å²) in [5.41, 5.74) is 3.16. The fourth-order valence-corrected chi connectivity index (χ4v) is 4.47. The number of halogens is 2. The summed E-state index contributed by atoms with van der Waals surface area (Å²) < 4.78 is 33.7. The number of para-hydroxylation sites is 2. The van der Waals surface area contributed by atoms with E-state index in [1.54, 1.807) is 23.9 Å². The Morgan fingerprint density at radius 1 is 1.00 bits per heavy atom. The Labute approximate surface area is 187 Å². The van der Waals surface area contributed by atoms with Crippen molar-refractivity contribution in [1.29, 1.82) is 0 Å². The second kappa shape index (κ2) is 7.33. The SMILES string of the molecule is Cn1cc2c(-c3cc(F)c(Cn4c(=O)c(C5CC5)nc5ccccc54)c(F)c3)cccc2n1. The van der Waals surface area contributed by atoms with E-state index in [0.717, 1.165) is 23.7 Å². The molecule has 0 unspecified atom stereocenters. The van der Waals surface area contributed by atoms with Crippen molar-refractivity contribution in [2.45, 2.75) is 25.3 Å². The molecular weight excluding hydrogens is 422 g/mol. The summed E-state index contributed by atoms with van der Waals surface area (Å²) in [5, 5.41) is 5.19. The van der Waals surface area contributed by atoms with Crippen molar-refractivity contribution in [3.63, 3.8) is 0 Å². The van der Waals surface area contributed by atoms with Crippen LogP contribution in [0.3, 0.4) is 0 Å². The standard InChI is InChI=1S/C26H20F2N4O/c1-31-13-18-17(5-4-7-22(18)30-31)16-11-20(27)19(21(28)12-16)14-32-24-8-3-2-6-23(24)29-25(26(32)33)15-9-10-15/h2-8,11-13,15H,9-10,14H2,1H3. The number of aromatic nitrogens is 4. The van der Waals surface area contributed by atoms with Crippen molar-refractivity contribution in [3.8, 4) is 11.1 Å². The first-order valence-electron chi connectivity index (χ1n) is 10.9. The van der Waals surface area contributed by atoms with E-state index in [9.17, 15) is 4.79 Å². The molecule has 1 aliphatic rings. The van der Waals surface area contributed by atoms with Crippen LogP contribution in [0.2, 0.25) is 0 Å². The van der Waals surface area contributed by atoms with Crippen molar-refractivity contribution in [1.82, 2.24) is 19.3 Å². The number of rotatable bonds is 4. The van der Waals surface area contributed by atoms with Crippen LogP contribution in [-0.2, 0) is 13.6 Å². The number of aryl methyl sites for hydroxylation is 1. The van der Waals surface area contributed by atoms with Crippen LogP contribution in [0.1, 0.15) is 30.0 Å².